The largest absolute Gasteiger partial charge is 0.493 e. The molecular weight excluding hydrogens is 388 g/mol. The van der Waals surface area contributed by atoms with Crippen LogP contribution in [-0.2, 0) is 0 Å². The van der Waals surface area contributed by atoms with Crippen LogP contribution in [0.4, 0.5) is 5.69 Å². The van der Waals surface area contributed by atoms with Crippen LogP contribution in [0.3, 0.4) is 0 Å². The lowest BCUT2D eigenvalue weighted by Gasteiger charge is -2.13. The molecule has 0 heterocycles. The van der Waals surface area contributed by atoms with Crippen molar-refractivity contribution in [1.29, 1.82) is 0 Å². The third-order valence-electron chi connectivity index (χ3n) is 3.15. The molecule has 2 aromatic carbocycles. The molecular formula is C18H19BrN2O2S. The Morgan fingerprint density at radius 3 is 2.75 bits per heavy atom. The Kier molecular flexibility index (Phi) is 6.75. The number of carbonyl (C=O) groups excluding carboxylic acids is 1. The van der Waals surface area contributed by atoms with Gasteiger partial charge in [-0.3, -0.25) is 10.1 Å². The molecule has 6 heteroatoms. The third-order valence-corrected chi connectivity index (χ3v) is 3.85. The maximum absolute atomic E-state index is 12.5. The Labute approximate surface area is 155 Å². The molecule has 0 aliphatic carbocycles. The number of halogens is 1. The van der Waals surface area contributed by atoms with Crippen LogP contribution in [0.25, 0.3) is 0 Å². The fourth-order valence-electron chi connectivity index (χ4n) is 2.07. The Hall–Kier alpha value is -1.92. The first-order valence-corrected chi connectivity index (χ1v) is 8.81. The average molecular weight is 407 g/mol. The highest BCUT2D eigenvalue weighted by atomic mass is 79.9. The van der Waals surface area contributed by atoms with E-state index in [0.29, 0.717) is 17.9 Å². The van der Waals surface area contributed by atoms with E-state index in [1.54, 1.807) is 12.1 Å². The van der Waals surface area contributed by atoms with E-state index in [1.165, 1.54) is 0 Å². The number of benzene rings is 2. The summed E-state index contributed by atoms with van der Waals surface area (Å²) in [4.78, 5) is 12.5. The molecule has 24 heavy (non-hydrogen) atoms. The molecule has 0 fully saturated rings. The van der Waals surface area contributed by atoms with Gasteiger partial charge in [-0.1, -0.05) is 35.0 Å². The molecule has 4 nitrogen and oxygen atoms in total. The highest BCUT2D eigenvalue weighted by molar-refractivity contribution is 9.10. The maximum atomic E-state index is 12.5. The summed E-state index contributed by atoms with van der Waals surface area (Å²) in [7, 11) is 0. The molecule has 2 aromatic rings. The lowest BCUT2D eigenvalue weighted by molar-refractivity contribution is 0.0973. The number of amides is 1. The predicted octanol–water partition coefficient (Wildman–Crippen LogP) is 4.67. The molecule has 1 amide bonds. The van der Waals surface area contributed by atoms with Crippen molar-refractivity contribution in [3.63, 3.8) is 0 Å². The smallest absolute Gasteiger partial charge is 0.261 e. The summed E-state index contributed by atoms with van der Waals surface area (Å²) in [5.74, 6) is 0.225. The summed E-state index contributed by atoms with van der Waals surface area (Å²) in [6.07, 6.45) is 0.866. The third kappa shape index (κ3) is 5.32. The second-order valence-corrected chi connectivity index (χ2v) is 6.59. The molecule has 0 bridgehead atoms. The highest BCUT2D eigenvalue weighted by Gasteiger charge is 2.15. The van der Waals surface area contributed by atoms with Gasteiger partial charge in [-0.15, -0.1) is 0 Å². The molecule has 0 spiro atoms. The van der Waals surface area contributed by atoms with Crippen molar-refractivity contribution in [1.82, 2.24) is 5.32 Å². The first kappa shape index (κ1) is 18.4. The fraction of sp³-hybridized carbons (Fsp3) is 0.222. The zero-order valence-corrected chi connectivity index (χ0v) is 16.0. The Bertz CT molecular complexity index is 750. The first-order valence-electron chi connectivity index (χ1n) is 7.61. The summed E-state index contributed by atoms with van der Waals surface area (Å²) >= 11 is 8.60. The Morgan fingerprint density at radius 1 is 1.25 bits per heavy atom. The number of rotatable bonds is 5. The number of ether oxygens (including phenoxy) is 1. The predicted molar refractivity (Wildman–Crippen MR) is 105 cm³/mol. The molecule has 0 aromatic heterocycles. The number of aryl methyl sites for hydroxylation is 1. The number of hydrogen-bond donors (Lipinski definition) is 2. The number of nitrogens with one attached hydrogen (secondary N) is 2. The van der Waals surface area contributed by atoms with Gasteiger partial charge in [0.2, 0.25) is 0 Å². The van der Waals surface area contributed by atoms with Crippen molar-refractivity contribution >= 4 is 44.9 Å². The van der Waals surface area contributed by atoms with Crippen molar-refractivity contribution in [2.24, 2.45) is 0 Å². The van der Waals surface area contributed by atoms with Crippen LogP contribution in [0.5, 0.6) is 5.75 Å². The molecule has 0 aliphatic rings. The van der Waals surface area contributed by atoms with Crippen LogP contribution in [0.15, 0.2) is 46.9 Å². The summed E-state index contributed by atoms with van der Waals surface area (Å²) in [5.41, 5.74) is 2.37. The quantitative estimate of drug-likeness (QED) is 0.708. The minimum atomic E-state index is -0.312. The van der Waals surface area contributed by atoms with Crippen molar-refractivity contribution in [2.75, 3.05) is 11.9 Å². The van der Waals surface area contributed by atoms with Gasteiger partial charge in [-0.05, 0) is 61.5 Å². The summed E-state index contributed by atoms with van der Waals surface area (Å²) in [5, 5.41) is 5.94. The van der Waals surface area contributed by atoms with Gasteiger partial charge < -0.3 is 10.1 Å². The van der Waals surface area contributed by atoms with Gasteiger partial charge in [0, 0.05) is 10.2 Å². The minimum Gasteiger partial charge on any atom is -0.493 e. The second kappa shape index (κ2) is 8.80. The number of thiocarbonyl (C=S) groups is 1. The van der Waals surface area contributed by atoms with Gasteiger partial charge in [0.1, 0.15) is 5.75 Å². The van der Waals surface area contributed by atoms with Crippen molar-refractivity contribution in [2.45, 2.75) is 20.3 Å². The van der Waals surface area contributed by atoms with Crippen LogP contribution in [0.2, 0.25) is 0 Å². The molecule has 0 radical (unpaired) electrons. The normalized spacial score (nSPS) is 10.1. The summed E-state index contributed by atoms with van der Waals surface area (Å²) < 4.78 is 6.43. The maximum Gasteiger partial charge on any atom is 0.261 e. The zero-order chi connectivity index (χ0) is 17.5. The Balaban J connectivity index is 2.08. The summed E-state index contributed by atoms with van der Waals surface area (Å²) in [6.45, 7) is 4.55. The van der Waals surface area contributed by atoms with Crippen LogP contribution in [0.1, 0.15) is 29.3 Å². The lowest BCUT2D eigenvalue weighted by Crippen LogP contribution is -2.34. The van der Waals surface area contributed by atoms with Crippen molar-refractivity contribution < 1.29 is 9.53 Å². The number of hydrogen-bond acceptors (Lipinski definition) is 3. The van der Waals surface area contributed by atoms with Crippen LogP contribution >= 0.6 is 28.1 Å². The van der Waals surface area contributed by atoms with Crippen LogP contribution in [-0.4, -0.2) is 17.6 Å². The Morgan fingerprint density at radius 2 is 2.04 bits per heavy atom. The van der Waals surface area contributed by atoms with Gasteiger partial charge in [-0.2, -0.15) is 0 Å². The van der Waals surface area contributed by atoms with E-state index in [9.17, 15) is 4.79 Å². The molecule has 0 saturated heterocycles. The topological polar surface area (TPSA) is 50.4 Å². The van der Waals surface area contributed by atoms with Crippen LogP contribution in [0, 0.1) is 6.92 Å². The monoisotopic (exact) mass is 406 g/mol. The zero-order valence-electron chi connectivity index (χ0n) is 13.6. The second-order valence-electron chi connectivity index (χ2n) is 5.27. The van der Waals surface area contributed by atoms with Gasteiger partial charge in [0.25, 0.3) is 5.91 Å². The van der Waals surface area contributed by atoms with Gasteiger partial charge in [0.15, 0.2) is 5.11 Å². The highest BCUT2D eigenvalue weighted by Crippen LogP contribution is 2.23. The lowest BCUT2D eigenvalue weighted by atomic mass is 10.2. The number of anilines is 1. The standard InChI is InChI=1S/C18H19BrN2O2S/c1-3-9-23-16-8-7-13(19)11-15(16)17(22)21-18(24)20-14-6-4-5-12(2)10-14/h4-8,10-11H,3,9H2,1-2H3,(H2,20,21,22,24). The number of carbonyl (C=O) groups is 1. The molecule has 2 N–H and O–H groups in total. The van der Waals surface area contributed by atoms with Crippen molar-refractivity contribution in [3.8, 4) is 5.75 Å². The van der Waals surface area contributed by atoms with E-state index in [4.69, 9.17) is 17.0 Å². The molecule has 2 rings (SSSR count). The first-order chi connectivity index (χ1) is 11.5. The molecule has 0 aliphatic heterocycles. The van der Waals surface area contributed by atoms with E-state index in [-0.39, 0.29) is 11.0 Å². The molecule has 0 unspecified atom stereocenters. The SMILES string of the molecule is CCCOc1ccc(Br)cc1C(=O)NC(=S)Nc1cccc(C)c1. The minimum absolute atomic E-state index is 0.243. The average Bonchev–Trinajstić information content (AvgIpc) is 2.53. The van der Waals surface area contributed by atoms with Gasteiger partial charge in [-0.25, -0.2) is 0 Å². The van der Waals surface area contributed by atoms with E-state index < -0.39 is 0 Å². The van der Waals surface area contributed by atoms with E-state index in [0.717, 1.165) is 22.1 Å². The van der Waals surface area contributed by atoms with E-state index in [2.05, 4.69) is 26.6 Å². The fourth-order valence-corrected chi connectivity index (χ4v) is 2.64. The molecule has 0 atom stereocenters. The van der Waals surface area contributed by atoms with E-state index >= 15 is 0 Å². The van der Waals surface area contributed by atoms with Crippen molar-refractivity contribution in [3.05, 3.63) is 58.1 Å². The molecule has 126 valence electrons. The van der Waals surface area contributed by atoms with Gasteiger partial charge >= 0.3 is 0 Å². The molecule has 0 saturated carbocycles. The van der Waals surface area contributed by atoms with Gasteiger partial charge in [0.05, 0.1) is 12.2 Å². The summed E-state index contributed by atoms with van der Waals surface area (Å²) in [6, 6.07) is 13.1. The van der Waals surface area contributed by atoms with E-state index in [1.807, 2.05) is 44.2 Å². The van der Waals surface area contributed by atoms with Crippen LogP contribution < -0.4 is 15.4 Å².